The summed E-state index contributed by atoms with van der Waals surface area (Å²) in [6.07, 6.45) is 0. The van der Waals surface area contributed by atoms with Crippen LogP contribution in [0.25, 0.3) is 0 Å². The predicted octanol–water partition coefficient (Wildman–Crippen LogP) is 3.16. The van der Waals surface area contributed by atoms with E-state index in [0.717, 1.165) is 11.3 Å². The minimum absolute atomic E-state index is 0.322. The number of aromatic hydroxyl groups is 2. The SMILES string of the molecule is Cc1c(O)cccc1N(C)C.Oc1ccccc1. The van der Waals surface area contributed by atoms with Gasteiger partial charge < -0.3 is 15.1 Å². The fraction of sp³-hybridized carbons (Fsp3) is 0.200. The third-order valence-corrected chi connectivity index (χ3v) is 2.51. The van der Waals surface area contributed by atoms with Gasteiger partial charge in [0.15, 0.2) is 0 Å². The molecule has 0 unspecified atom stereocenters. The Morgan fingerprint density at radius 1 is 0.833 bits per heavy atom. The summed E-state index contributed by atoms with van der Waals surface area (Å²) in [5.74, 6) is 0.679. The lowest BCUT2D eigenvalue weighted by Crippen LogP contribution is -2.09. The van der Waals surface area contributed by atoms with Crippen molar-refractivity contribution in [3.8, 4) is 11.5 Å². The fourth-order valence-electron chi connectivity index (χ4n) is 1.52. The van der Waals surface area contributed by atoms with Crippen molar-refractivity contribution in [2.75, 3.05) is 19.0 Å². The number of hydrogen-bond acceptors (Lipinski definition) is 3. The maximum absolute atomic E-state index is 9.32. The first-order valence-electron chi connectivity index (χ1n) is 5.72. The molecule has 0 aliphatic heterocycles. The van der Waals surface area contributed by atoms with Gasteiger partial charge in [0.25, 0.3) is 0 Å². The van der Waals surface area contributed by atoms with Crippen LogP contribution in [-0.2, 0) is 0 Å². The van der Waals surface area contributed by atoms with Gasteiger partial charge in [-0.15, -0.1) is 0 Å². The van der Waals surface area contributed by atoms with Crippen molar-refractivity contribution in [3.05, 3.63) is 54.1 Å². The molecule has 0 spiro atoms. The largest absolute Gasteiger partial charge is 0.508 e. The third-order valence-electron chi connectivity index (χ3n) is 2.51. The Labute approximate surface area is 108 Å². The van der Waals surface area contributed by atoms with Crippen LogP contribution >= 0.6 is 0 Å². The molecule has 0 heterocycles. The van der Waals surface area contributed by atoms with Crippen LogP contribution in [-0.4, -0.2) is 24.3 Å². The second-order valence-corrected chi connectivity index (χ2v) is 4.15. The van der Waals surface area contributed by atoms with Gasteiger partial charge >= 0.3 is 0 Å². The highest BCUT2D eigenvalue weighted by molar-refractivity contribution is 5.57. The standard InChI is InChI=1S/C9H13NO.C6H6O/c1-7-8(10(2)3)5-4-6-9(7)11;7-6-4-2-1-3-5-6/h4-6,11H,1-3H3;1-5,7H. The number of anilines is 1. The first kappa shape index (κ1) is 13.9. The molecule has 3 nitrogen and oxygen atoms in total. The van der Waals surface area contributed by atoms with Crippen molar-refractivity contribution in [1.29, 1.82) is 0 Å². The van der Waals surface area contributed by atoms with E-state index in [0.29, 0.717) is 11.5 Å². The van der Waals surface area contributed by atoms with Crippen LogP contribution in [0.15, 0.2) is 48.5 Å². The smallest absolute Gasteiger partial charge is 0.120 e. The Morgan fingerprint density at radius 2 is 1.44 bits per heavy atom. The number of phenolic OH excluding ortho intramolecular Hbond substituents is 2. The number of rotatable bonds is 1. The summed E-state index contributed by atoms with van der Waals surface area (Å²) in [7, 11) is 3.92. The van der Waals surface area contributed by atoms with Crippen molar-refractivity contribution >= 4 is 5.69 Å². The first-order valence-corrected chi connectivity index (χ1v) is 5.72. The van der Waals surface area contributed by atoms with E-state index in [1.165, 1.54) is 0 Å². The molecule has 2 aromatic rings. The molecule has 0 aliphatic rings. The summed E-state index contributed by atoms with van der Waals surface area (Å²) in [4.78, 5) is 1.98. The van der Waals surface area contributed by atoms with Crippen LogP contribution in [0, 0.1) is 6.92 Å². The molecular weight excluding hydrogens is 226 g/mol. The number of phenols is 2. The Balaban J connectivity index is 0.000000199. The molecule has 2 aromatic carbocycles. The number of nitrogens with zero attached hydrogens (tertiary/aromatic N) is 1. The average molecular weight is 245 g/mol. The molecule has 2 rings (SSSR count). The van der Waals surface area contributed by atoms with Crippen molar-refractivity contribution in [2.45, 2.75) is 6.92 Å². The number of para-hydroxylation sites is 1. The maximum atomic E-state index is 9.32. The second kappa shape index (κ2) is 6.55. The zero-order chi connectivity index (χ0) is 13.5. The van der Waals surface area contributed by atoms with Gasteiger partial charge in [-0.25, -0.2) is 0 Å². The van der Waals surface area contributed by atoms with E-state index in [2.05, 4.69) is 0 Å². The van der Waals surface area contributed by atoms with E-state index in [9.17, 15) is 5.11 Å². The van der Waals surface area contributed by atoms with Crippen molar-refractivity contribution in [1.82, 2.24) is 0 Å². The van der Waals surface area contributed by atoms with Gasteiger partial charge in [-0.2, -0.15) is 0 Å². The molecular formula is C15H19NO2. The summed E-state index contributed by atoms with van der Waals surface area (Å²) in [6.45, 7) is 1.91. The highest BCUT2D eigenvalue weighted by atomic mass is 16.3. The van der Waals surface area contributed by atoms with Crippen molar-refractivity contribution in [3.63, 3.8) is 0 Å². The molecule has 0 amide bonds. The Bertz CT molecular complexity index is 481. The topological polar surface area (TPSA) is 43.7 Å². The zero-order valence-corrected chi connectivity index (χ0v) is 11.0. The van der Waals surface area contributed by atoms with Crippen LogP contribution < -0.4 is 4.90 Å². The number of benzene rings is 2. The molecule has 18 heavy (non-hydrogen) atoms. The van der Waals surface area contributed by atoms with E-state index in [1.54, 1.807) is 30.3 Å². The zero-order valence-electron chi connectivity index (χ0n) is 11.0. The molecule has 0 atom stereocenters. The minimum Gasteiger partial charge on any atom is -0.508 e. The van der Waals surface area contributed by atoms with Gasteiger partial charge in [0, 0.05) is 25.3 Å². The minimum atomic E-state index is 0.322. The van der Waals surface area contributed by atoms with Gasteiger partial charge in [0.05, 0.1) is 0 Å². The van der Waals surface area contributed by atoms with Gasteiger partial charge in [-0.05, 0) is 31.2 Å². The highest BCUT2D eigenvalue weighted by Crippen LogP contribution is 2.25. The lowest BCUT2D eigenvalue weighted by molar-refractivity contribution is 0.471. The van der Waals surface area contributed by atoms with E-state index < -0.39 is 0 Å². The molecule has 96 valence electrons. The third kappa shape index (κ3) is 4.01. The van der Waals surface area contributed by atoms with Crippen molar-refractivity contribution in [2.24, 2.45) is 0 Å². The van der Waals surface area contributed by atoms with E-state index in [1.807, 2.05) is 44.1 Å². The molecule has 3 heteroatoms. The molecule has 0 bridgehead atoms. The summed E-state index contributed by atoms with van der Waals surface area (Å²) < 4.78 is 0. The maximum Gasteiger partial charge on any atom is 0.120 e. The average Bonchev–Trinajstić information content (AvgIpc) is 2.34. The van der Waals surface area contributed by atoms with Crippen molar-refractivity contribution < 1.29 is 10.2 Å². The molecule has 0 radical (unpaired) electrons. The van der Waals surface area contributed by atoms with Crippen LogP contribution in [0.5, 0.6) is 11.5 Å². The molecule has 0 aromatic heterocycles. The second-order valence-electron chi connectivity index (χ2n) is 4.15. The van der Waals surface area contributed by atoms with Crippen LogP contribution in [0.2, 0.25) is 0 Å². The normalized spacial score (nSPS) is 9.28. The lowest BCUT2D eigenvalue weighted by Gasteiger charge is -2.15. The summed E-state index contributed by atoms with van der Waals surface area (Å²) in [6, 6.07) is 14.2. The monoisotopic (exact) mass is 245 g/mol. The van der Waals surface area contributed by atoms with Crippen LogP contribution in [0.1, 0.15) is 5.56 Å². The summed E-state index contributed by atoms with van der Waals surface area (Å²) in [5, 5.41) is 18.0. The first-order chi connectivity index (χ1) is 8.52. The highest BCUT2D eigenvalue weighted by Gasteiger charge is 2.02. The van der Waals surface area contributed by atoms with E-state index in [4.69, 9.17) is 5.11 Å². The molecule has 0 fully saturated rings. The molecule has 0 aliphatic carbocycles. The van der Waals surface area contributed by atoms with Gasteiger partial charge in [0.2, 0.25) is 0 Å². The molecule has 0 saturated heterocycles. The Kier molecular flexibility index (Phi) is 5.06. The van der Waals surface area contributed by atoms with Gasteiger partial charge in [-0.3, -0.25) is 0 Å². The van der Waals surface area contributed by atoms with E-state index in [-0.39, 0.29) is 0 Å². The van der Waals surface area contributed by atoms with Crippen LogP contribution in [0.4, 0.5) is 5.69 Å². The fourth-order valence-corrected chi connectivity index (χ4v) is 1.52. The van der Waals surface area contributed by atoms with E-state index >= 15 is 0 Å². The predicted molar refractivity (Wildman–Crippen MR) is 75.3 cm³/mol. The van der Waals surface area contributed by atoms with Gasteiger partial charge in [-0.1, -0.05) is 24.3 Å². The Morgan fingerprint density at radius 3 is 1.83 bits per heavy atom. The summed E-state index contributed by atoms with van der Waals surface area (Å²) >= 11 is 0. The quantitative estimate of drug-likeness (QED) is 0.811. The lowest BCUT2D eigenvalue weighted by atomic mass is 10.2. The molecule has 0 saturated carbocycles. The summed E-state index contributed by atoms with van der Waals surface area (Å²) in [5.41, 5.74) is 1.99. The van der Waals surface area contributed by atoms with Gasteiger partial charge in [0.1, 0.15) is 11.5 Å². The Hall–Kier alpha value is -2.16. The van der Waals surface area contributed by atoms with Crippen LogP contribution in [0.3, 0.4) is 0 Å². The number of hydrogen-bond donors (Lipinski definition) is 2. The molecule has 2 N–H and O–H groups in total.